The Balaban J connectivity index is 1.51. The fraction of sp³-hybridized carbons (Fsp3) is 0.474. The number of aryl methyl sites for hydroxylation is 1. The van der Waals surface area contributed by atoms with Gasteiger partial charge in [0.2, 0.25) is 16.0 Å². The van der Waals surface area contributed by atoms with Crippen LogP contribution in [0, 0.1) is 12.7 Å². The first-order valence-corrected chi connectivity index (χ1v) is 11.1. The van der Waals surface area contributed by atoms with E-state index in [2.05, 4.69) is 24.9 Å². The number of rotatable bonds is 8. The Kier molecular flexibility index (Phi) is 6.79. The predicted octanol–water partition coefficient (Wildman–Crippen LogP) is 2.45. The van der Waals surface area contributed by atoms with E-state index in [1.807, 2.05) is 13.0 Å². The molecule has 0 bridgehead atoms. The van der Waals surface area contributed by atoms with Crippen molar-refractivity contribution in [2.45, 2.75) is 31.9 Å². The van der Waals surface area contributed by atoms with Crippen LogP contribution in [0.3, 0.4) is 0 Å². The molecule has 2 heterocycles. The number of hydrogen-bond acceptors (Lipinski definition) is 6. The zero-order valence-corrected chi connectivity index (χ0v) is 16.8. The normalized spacial score (nSPS) is 14.9. The monoisotopic (exact) mass is 407 g/mol. The zero-order valence-electron chi connectivity index (χ0n) is 16.0. The molecule has 1 aliphatic rings. The minimum Gasteiger partial charge on any atom is -0.356 e. The van der Waals surface area contributed by atoms with Gasteiger partial charge in [0.25, 0.3) is 0 Å². The standard InChI is InChI=1S/C19H26FN5O2S/c1-15-12-18(25-10-3-2-4-11-25)24-19(23-15)21-8-9-22-28(26,27)14-16-6-5-7-17(20)13-16/h5-7,12-13,22H,2-4,8-11,14H2,1H3,(H,21,23,24). The topological polar surface area (TPSA) is 87.2 Å². The smallest absolute Gasteiger partial charge is 0.224 e. The van der Waals surface area contributed by atoms with Crippen molar-refractivity contribution in [3.05, 3.63) is 47.4 Å². The molecule has 152 valence electrons. The molecule has 1 saturated heterocycles. The molecule has 28 heavy (non-hydrogen) atoms. The fourth-order valence-electron chi connectivity index (χ4n) is 3.19. The lowest BCUT2D eigenvalue weighted by atomic mass is 10.1. The van der Waals surface area contributed by atoms with Gasteiger partial charge in [-0.3, -0.25) is 0 Å². The SMILES string of the molecule is Cc1cc(N2CCCCC2)nc(NCCNS(=O)(=O)Cc2cccc(F)c2)n1. The number of aromatic nitrogens is 2. The van der Waals surface area contributed by atoms with Gasteiger partial charge in [-0.1, -0.05) is 12.1 Å². The van der Waals surface area contributed by atoms with Crippen LogP contribution in [-0.2, 0) is 15.8 Å². The van der Waals surface area contributed by atoms with Gasteiger partial charge >= 0.3 is 0 Å². The van der Waals surface area contributed by atoms with Crippen molar-refractivity contribution < 1.29 is 12.8 Å². The van der Waals surface area contributed by atoms with Crippen LogP contribution >= 0.6 is 0 Å². The number of anilines is 2. The van der Waals surface area contributed by atoms with Crippen LogP contribution in [0.4, 0.5) is 16.2 Å². The average Bonchev–Trinajstić information content (AvgIpc) is 2.65. The van der Waals surface area contributed by atoms with Gasteiger partial charge in [0.15, 0.2) is 0 Å². The van der Waals surface area contributed by atoms with Crippen molar-refractivity contribution in [3.8, 4) is 0 Å². The highest BCUT2D eigenvalue weighted by atomic mass is 32.2. The van der Waals surface area contributed by atoms with E-state index in [-0.39, 0.29) is 12.3 Å². The Hall–Kier alpha value is -2.26. The highest BCUT2D eigenvalue weighted by Crippen LogP contribution is 2.19. The maximum atomic E-state index is 13.2. The summed E-state index contributed by atoms with van der Waals surface area (Å²) < 4.78 is 40.0. The van der Waals surface area contributed by atoms with E-state index < -0.39 is 15.8 Å². The third-order valence-corrected chi connectivity index (χ3v) is 5.85. The maximum Gasteiger partial charge on any atom is 0.224 e. The lowest BCUT2D eigenvalue weighted by Crippen LogP contribution is -2.31. The van der Waals surface area contributed by atoms with Crippen LogP contribution in [0.25, 0.3) is 0 Å². The summed E-state index contributed by atoms with van der Waals surface area (Å²) >= 11 is 0. The minimum absolute atomic E-state index is 0.188. The molecular weight excluding hydrogens is 381 g/mol. The molecule has 1 aliphatic heterocycles. The van der Waals surface area contributed by atoms with Gasteiger partial charge in [-0.2, -0.15) is 4.98 Å². The summed E-state index contributed by atoms with van der Waals surface area (Å²) in [7, 11) is -3.54. The average molecular weight is 408 g/mol. The Bertz CT molecular complexity index is 901. The molecule has 0 radical (unpaired) electrons. The lowest BCUT2D eigenvalue weighted by molar-refractivity contribution is 0.573. The highest BCUT2D eigenvalue weighted by molar-refractivity contribution is 7.88. The van der Waals surface area contributed by atoms with E-state index in [4.69, 9.17) is 0 Å². The molecule has 9 heteroatoms. The number of halogens is 1. The molecule has 0 unspecified atom stereocenters. The van der Waals surface area contributed by atoms with Gasteiger partial charge < -0.3 is 10.2 Å². The molecule has 7 nitrogen and oxygen atoms in total. The van der Waals surface area contributed by atoms with Crippen LogP contribution < -0.4 is 14.9 Å². The summed E-state index contributed by atoms with van der Waals surface area (Å²) in [6.45, 7) is 4.45. The summed E-state index contributed by atoms with van der Waals surface area (Å²) in [5, 5.41) is 3.07. The Morgan fingerprint density at radius 3 is 2.64 bits per heavy atom. The molecule has 0 saturated carbocycles. The first-order chi connectivity index (χ1) is 13.4. The number of sulfonamides is 1. The number of piperidine rings is 1. The second kappa shape index (κ2) is 9.29. The van der Waals surface area contributed by atoms with Crippen LogP contribution in [-0.4, -0.2) is 44.6 Å². The molecule has 2 N–H and O–H groups in total. The van der Waals surface area contributed by atoms with Gasteiger partial charge in [0, 0.05) is 37.9 Å². The second-order valence-corrected chi connectivity index (χ2v) is 8.76. The summed E-state index contributed by atoms with van der Waals surface area (Å²) in [6, 6.07) is 7.56. The molecule has 0 amide bonds. The highest BCUT2D eigenvalue weighted by Gasteiger charge is 2.14. The summed E-state index contributed by atoms with van der Waals surface area (Å²) in [5.41, 5.74) is 1.28. The number of hydrogen-bond donors (Lipinski definition) is 2. The van der Waals surface area contributed by atoms with Gasteiger partial charge in [-0.05, 0) is 43.9 Å². The van der Waals surface area contributed by atoms with E-state index >= 15 is 0 Å². The Labute approximate surface area is 165 Å². The van der Waals surface area contributed by atoms with Crippen LogP contribution in [0.15, 0.2) is 30.3 Å². The zero-order chi connectivity index (χ0) is 20.0. The van der Waals surface area contributed by atoms with Crippen molar-refractivity contribution in [2.75, 3.05) is 36.4 Å². The van der Waals surface area contributed by atoms with Gasteiger partial charge in [-0.25, -0.2) is 22.5 Å². The van der Waals surface area contributed by atoms with Gasteiger partial charge in [-0.15, -0.1) is 0 Å². The first-order valence-electron chi connectivity index (χ1n) is 9.47. The maximum absolute atomic E-state index is 13.2. The van der Waals surface area contributed by atoms with Crippen LogP contribution in [0.1, 0.15) is 30.5 Å². The van der Waals surface area contributed by atoms with Crippen LogP contribution in [0.2, 0.25) is 0 Å². The third-order valence-electron chi connectivity index (χ3n) is 4.50. The quantitative estimate of drug-likeness (QED) is 0.654. The van der Waals surface area contributed by atoms with Crippen molar-refractivity contribution in [1.82, 2.24) is 14.7 Å². The third kappa shape index (κ3) is 6.13. The lowest BCUT2D eigenvalue weighted by Gasteiger charge is -2.28. The number of benzene rings is 1. The summed E-state index contributed by atoms with van der Waals surface area (Å²) in [4.78, 5) is 11.2. The van der Waals surface area contributed by atoms with E-state index in [9.17, 15) is 12.8 Å². The molecule has 2 aromatic rings. The van der Waals surface area contributed by atoms with Gasteiger partial charge in [0.1, 0.15) is 11.6 Å². The molecule has 0 atom stereocenters. The first kappa shape index (κ1) is 20.5. The number of nitrogens with zero attached hydrogens (tertiary/aromatic N) is 3. The fourth-order valence-corrected chi connectivity index (χ4v) is 4.33. The largest absolute Gasteiger partial charge is 0.356 e. The van der Waals surface area contributed by atoms with E-state index in [1.165, 1.54) is 37.5 Å². The molecule has 1 aromatic heterocycles. The second-order valence-electron chi connectivity index (χ2n) is 6.95. The molecule has 1 aromatic carbocycles. The van der Waals surface area contributed by atoms with E-state index in [0.717, 1.165) is 24.6 Å². The molecule has 1 fully saturated rings. The van der Waals surface area contributed by atoms with E-state index in [0.29, 0.717) is 18.1 Å². The summed E-state index contributed by atoms with van der Waals surface area (Å²) in [6.07, 6.45) is 3.58. The summed E-state index contributed by atoms with van der Waals surface area (Å²) in [5.74, 6) is 0.687. The van der Waals surface area contributed by atoms with Crippen molar-refractivity contribution >= 4 is 21.8 Å². The number of nitrogens with one attached hydrogen (secondary N) is 2. The molecule has 3 rings (SSSR count). The molecular formula is C19H26FN5O2S. The Morgan fingerprint density at radius 2 is 1.89 bits per heavy atom. The van der Waals surface area contributed by atoms with Crippen LogP contribution in [0.5, 0.6) is 0 Å². The Morgan fingerprint density at radius 1 is 1.11 bits per heavy atom. The molecule has 0 aliphatic carbocycles. The van der Waals surface area contributed by atoms with Crippen molar-refractivity contribution in [2.24, 2.45) is 0 Å². The van der Waals surface area contributed by atoms with Crippen molar-refractivity contribution in [1.29, 1.82) is 0 Å². The minimum atomic E-state index is -3.54. The predicted molar refractivity (Wildman–Crippen MR) is 108 cm³/mol. The van der Waals surface area contributed by atoms with Gasteiger partial charge in [0.05, 0.1) is 5.75 Å². The van der Waals surface area contributed by atoms with E-state index in [1.54, 1.807) is 6.07 Å². The molecule has 0 spiro atoms. The van der Waals surface area contributed by atoms with Crippen molar-refractivity contribution in [3.63, 3.8) is 0 Å².